The maximum absolute atomic E-state index is 14.0. The Kier molecular flexibility index (Phi) is 5.36. The standard InChI is InChI=1S/C22H29FN4O2S2/c1-16-12-22(8-9-26(16)13-21-20(24-15-30-21)10-17-6-7-17)14-25(2)31(28,29)27(22)19-5-3-4-18(23)11-19/h3-5,11,15-17H,6-10,12-14H2,1-2H3. The summed E-state index contributed by atoms with van der Waals surface area (Å²) in [6.07, 6.45) is 5.15. The molecule has 1 aromatic heterocycles. The molecular formula is C22H29FN4O2S2. The molecule has 31 heavy (non-hydrogen) atoms. The van der Waals surface area contributed by atoms with Gasteiger partial charge in [-0.25, -0.2) is 9.37 Å². The largest absolute Gasteiger partial charge is 0.304 e. The summed E-state index contributed by atoms with van der Waals surface area (Å²) in [4.78, 5) is 8.40. The minimum absolute atomic E-state index is 0.211. The van der Waals surface area contributed by atoms with Gasteiger partial charge < -0.3 is 0 Å². The lowest BCUT2D eigenvalue weighted by Gasteiger charge is -2.47. The van der Waals surface area contributed by atoms with E-state index in [4.69, 9.17) is 0 Å². The van der Waals surface area contributed by atoms with Gasteiger partial charge in [-0.2, -0.15) is 12.7 Å². The molecule has 3 fully saturated rings. The molecule has 9 heteroatoms. The van der Waals surface area contributed by atoms with Gasteiger partial charge in [0.1, 0.15) is 5.82 Å². The van der Waals surface area contributed by atoms with Crippen LogP contribution in [0.2, 0.25) is 0 Å². The van der Waals surface area contributed by atoms with Crippen molar-refractivity contribution in [2.75, 3.05) is 24.4 Å². The van der Waals surface area contributed by atoms with E-state index in [9.17, 15) is 12.8 Å². The Hall–Kier alpha value is -1.55. The van der Waals surface area contributed by atoms with E-state index in [0.717, 1.165) is 25.4 Å². The van der Waals surface area contributed by atoms with E-state index >= 15 is 0 Å². The van der Waals surface area contributed by atoms with Crippen LogP contribution in [0.3, 0.4) is 0 Å². The van der Waals surface area contributed by atoms with Crippen molar-refractivity contribution in [3.05, 3.63) is 46.2 Å². The number of anilines is 1. The maximum Gasteiger partial charge on any atom is 0.304 e. The summed E-state index contributed by atoms with van der Waals surface area (Å²) in [5.41, 5.74) is 3.05. The van der Waals surface area contributed by atoms with Gasteiger partial charge in [0.2, 0.25) is 0 Å². The van der Waals surface area contributed by atoms with E-state index < -0.39 is 21.6 Å². The third kappa shape index (κ3) is 3.90. The minimum atomic E-state index is -3.67. The highest BCUT2D eigenvalue weighted by Gasteiger charge is 2.55. The van der Waals surface area contributed by atoms with Crippen molar-refractivity contribution in [3.8, 4) is 0 Å². The molecule has 3 heterocycles. The number of aromatic nitrogens is 1. The number of likely N-dealkylation sites (N-methyl/N-ethyl adjacent to an activating group) is 1. The number of nitrogens with zero attached hydrogens (tertiary/aromatic N) is 4. The topological polar surface area (TPSA) is 56.8 Å². The Morgan fingerprint density at radius 1 is 1.32 bits per heavy atom. The van der Waals surface area contributed by atoms with Crippen molar-refractivity contribution in [3.63, 3.8) is 0 Å². The van der Waals surface area contributed by atoms with Crippen LogP contribution < -0.4 is 4.31 Å². The fourth-order valence-corrected chi connectivity index (χ4v) is 7.83. The van der Waals surface area contributed by atoms with Crippen LogP contribution in [-0.2, 0) is 23.2 Å². The van der Waals surface area contributed by atoms with Gasteiger partial charge in [-0.05, 0) is 63.1 Å². The van der Waals surface area contributed by atoms with E-state index in [2.05, 4.69) is 16.8 Å². The fraction of sp³-hybridized carbons (Fsp3) is 0.591. The average molecular weight is 465 g/mol. The monoisotopic (exact) mass is 464 g/mol. The highest BCUT2D eigenvalue weighted by molar-refractivity contribution is 7.90. The lowest BCUT2D eigenvalue weighted by molar-refractivity contribution is 0.101. The average Bonchev–Trinajstić information content (AvgIpc) is 3.37. The van der Waals surface area contributed by atoms with Crippen molar-refractivity contribution in [2.45, 2.75) is 57.2 Å². The quantitative estimate of drug-likeness (QED) is 0.678. The predicted octanol–water partition coefficient (Wildman–Crippen LogP) is 3.65. The fourth-order valence-electron chi connectivity index (χ4n) is 5.24. The zero-order valence-electron chi connectivity index (χ0n) is 18.0. The molecule has 1 spiro atoms. The lowest BCUT2D eigenvalue weighted by atomic mass is 9.83. The highest BCUT2D eigenvalue weighted by atomic mass is 32.2. The van der Waals surface area contributed by atoms with Gasteiger partial charge in [-0.15, -0.1) is 11.3 Å². The summed E-state index contributed by atoms with van der Waals surface area (Å²) < 4.78 is 43.2. The summed E-state index contributed by atoms with van der Waals surface area (Å²) in [6, 6.07) is 6.16. The first kappa shape index (κ1) is 21.3. The first-order valence-corrected chi connectivity index (χ1v) is 13.2. The third-order valence-corrected chi connectivity index (χ3v) is 9.87. The molecule has 5 rings (SSSR count). The Balaban J connectivity index is 1.38. The smallest absolute Gasteiger partial charge is 0.295 e. The molecule has 2 saturated heterocycles. The molecule has 1 aromatic carbocycles. The van der Waals surface area contributed by atoms with Gasteiger partial charge in [0.15, 0.2) is 0 Å². The molecule has 1 saturated carbocycles. The van der Waals surface area contributed by atoms with Crippen LogP contribution in [0.4, 0.5) is 10.1 Å². The maximum atomic E-state index is 14.0. The van der Waals surface area contributed by atoms with Crippen molar-refractivity contribution in [1.82, 2.24) is 14.2 Å². The second-order valence-corrected chi connectivity index (χ2v) is 12.2. The van der Waals surface area contributed by atoms with Crippen LogP contribution in [0.15, 0.2) is 29.8 Å². The van der Waals surface area contributed by atoms with E-state index in [1.165, 1.54) is 44.2 Å². The van der Waals surface area contributed by atoms with Crippen LogP contribution in [0.25, 0.3) is 0 Å². The molecule has 2 aliphatic heterocycles. The molecule has 2 atom stereocenters. The number of halogens is 1. The zero-order chi connectivity index (χ0) is 21.8. The number of hydrogen-bond donors (Lipinski definition) is 0. The molecule has 0 N–H and O–H groups in total. The van der Waals surface area contributed by atoms with E-state index in [1.54, 1.807) is 30.5 Å². The Morgan fingerprint density at radius 2 is 2.13 bits per heavy atom. The van der Waals surface area contributed by atoms with Crippen LogP contribution in [-0.4, -0.2) is 54.3 Å². The van der Waals surface area contributed by atoms with Crippen LogP contribution in [0, 0.1) is 11.7 Å². The molecule has 168 valence electrons. The molecular weight excluding hydrogens is 435 g/mol. The summed E-state index contributed by atoms with van der Waals surface area (Å²) in [6.45, 7) is 4.28. The van der Waals surface area contributed by atoms with Gasteiger partial charge in [-0.3, -0.25) is 9.21 Å². The third-order valence-electron chi connectivity index (χ3n) is 7.03. The number of benzene rings is 1. The van der Waals surface area contributed by atoms with E-state index in [1.807, 2.05) is 5.51 Å². The normalized spacial score (nSPS) is 29.1. The van der Waals surface area contributed by atoms with Gasteiger partial charge >= 0.3 is 10.2 Å². The van der Waals surface area contributed by atoms with Gasteiger partial charge in [-0.1, -0.05) is 6.07 Å². The summed E-state index contributed by atoms with van der Waals surface area (Å²) in [5.74, 6) is 0.387. The highest BCUT2D eigenvalue weighted by Crippen LogP contribution is 2.44. The Morgan fingerprint density at radius 3 is 2.84 bits per heavy atom. The molecule has 0 radical (unpaired) electrons. The number of rotatable bonds is 5. The minimum Gasteiger partial charge on any atom is -0.295 e. The predicted molar refractivity (Wildman–Crippen MR) is 121 cm³/mol. The first-order chi connectivity index (χ1) is 14.8. The molecule has 0 amide bonds. The number of piperidine rings is 1. The SMILES string of the molecule is CC1CC2(CCN1Cc1scnc1CC1CC1)CN(C)S(=O)(=O)N2c1cccc(F)c1. The summed E-state index contributed by atoms with van der Waals surface area (Å²) in [5, 5.41) is 0. The molecule has 2 unspecified atom stereocenters. The van der Waals surface area contributed by atoms with Crippen LogP contribution in [0.5, 0.6) is 0 Å². The molecule has 0 bridgehead atoms. The molecule has 6 nitrogen and oxygen atoms in total. The Labute approximate surface area is 187 Å². The zero-order valence-corrected chi connectivity index (χ0v) is 19.6. The van der Waals surface area contributed by atoms with Crippen molar-refractivity contribution >= 4 is 27.2 Å². The van der Waals surface area contributed by atoms with Gasteiger partial charge in [0.05, 0.1) is 22.4 Å². The number of likely N-dealkylation sites (tertiary alicyclic amines) is 1. The van der Waals surface area contributed by atoms with E-state index in [-0.39, 0.29) is 6.04 Å². The number of hydrogen-bond acceptors (Lipinski definition) is 5. The second-order valence-electron chi connectivity index (χ2n) is 9.38. The van der Waals surface area contributed by atoms with Crippen LogP contribution in [0.1, 0.15) is 43.2 Å². The van der Waals surface area contributed by atoms with Crippen molar-refractivity contribution in [1.29, 1.82) is 0 Å². The van der Waals surface area contributed by atoms with Crippen molar-refractivity contribution < 1.29 is 12.8 Å². The van der Waals surface area contributed by atoms with Crippen molar-refractivity contribution in [2.24, 2.45) is 5.92 Å². The number of thiazole rings is 1. The first-order valence-electron chi connectivity index (χ1n) is 11.0. The van der Waals surface area contributed by atoms with Gasteiger partial charge in [0.25, 0.3) is 0 Å². The summed E-state index contributed by atoms with van der Waals surface area (Å²) in [7, 11) is -2.05. The lowest BCUT2D eigenvalue weighted by Crippen LogP contribution is -2.57. The molecule has 3 aliphatic rings. The van der Waals surface area contributed by atoms with Gasteiger partial charge in [0, 0.05) is 37.6 Å². The molecule has 1 aliphatic carbocycles. The Bertz CT molecular complexity index is 1070. The van der Waals surface area contributed by atoms with Crippen LogP contribution >= 0.6 is 11.3 Å². The summed E-state index contributed by atoms with van der Waals surface area (Å²) >= 11 is 1.73. The molecule has 2 aromatic rings. The second kappa shape index (κ2) is 7.79. The van der Waals surface area contributed by atoms with E-state index in [0.29, 0.717) is 25.1 Å².